The van der Waals surface area contributed by atoms with Gasteiger partial charge in [-0.25, -0.2) is 4.98 Å². The van der Waals surface area contributed by atoms with Crippen molar-refractivity contribution in [2.45, 2.75) is 31.5 Å². The minimum Gasteiger partial charge on any atom is -0.457 e. The largest absolute Gasteiger partial charge is 0.457 e. The number of benzene rings is 2. The summed E-state index contributed by atoms with van der Waals surface area (Å²) in [5.41, 5.74) is -2.05. The van der Waals surface area contributed by atoms with E-state index in [4.69, 9.17) is 21.1 Å². The summed E-state index contributed by atoms with van der Waals surface area (Å²) in [6.45, 7) is 1.76. The molecular formula is C20H19ClF3N3O2. The van der Waals surface area contributed by atoms with Crippen molar-refractivity contribution in [3.63, 3.8) is 0 Å². The zero-order chi connectivity index (χ0) is 21.1. The summed E-state index contributed by atoms with van der Waals surface area (Å²) >= 11 is 5.83. The zero-order valence-corrected chi connectivity index (χ0v) is 16.5. The molecule has 154 valence electrons. The maximum Gasteiger partial charge on any atom is 0.416 e. The number of alkyl halides is 3. The van der Waals surface area contributed by atoms with Crippen LogP contribution in [0.3, 0.4) is 0 Å². The van der Waals surface area contributed by atoms with Crippen molar-refractivity contribution in [2.24, 2.45) is 0 Å². The van der Waals surface area contributed by atoms with Gasteiger partial charge in [-0.3, -0.25) is 5.10 Å². The van der Waals surface area contributed by atoms with Gasteiger partial charge in [0.25, 0.3) is 0 Å². The number of ether oxygens (including phenoxy) is 2. The molecule has 29 heavy (non-hydrogen) atoms. The van der Waals surface area contributed by atoms with Gasteiger partial charge in [0.05, 0.1) is 5.56 Å². The maximum atomic E-state index is 13.9. The summed E-state index contributed by atoms with van der Waals surface area (Å²) in [5.74, 6) is 0.873. The molecule has 0 aliphatic rings. The Morgan fingerprint density at radius 1 is 1.03 bits per heavy atom. The van der Waals surface area contributed by atoms with Crippen LogP contribution in [0, 0.1) is 0 Å². The Morgan fingerprint density at radius 2 is 1.72 bits per heavy atom. The molecule has 1 aromatic heterocycles. The monoisotopic (exact) mass is 425 g/mol. The van der Waals surface area contributed by atoms with Crippen LogP contribution in [-0.2, 0) is 22.9 Å². The van der Waals surface area contributed by atoms with Gasteiger partial charge in [0.1, 0.15) is 29.3 Å². The molecule has 0 spiro atoms. The molecule has 1 unspecified atom stereocenters. The topological polar surface area (TPSA) is 60.0 Å². The fourth-order valence-electron chi connectivity index (χ4n) is 3.18. The molecule has 9 heteroatoms. The molecule has 2 aromatic carbocycles. The first-order valence-electron chi connectivity index (χ1n) is 8.82. The molecule has 0 saturated carbocycles. The van der Waals surface area contributed by atoms with E-state index in [0.717, 1.165) is 6.07 Å². The predicted octanol–water partition coefficient (Wildman–Crippen LogP) is 5.76. The maximum absolute atomic E-state index is 13.9. The van der Waals surface area contributed by atoms with Crippen LogP contribution in [0.4, 0.5) is 13.2 Å². The number of nitrogens with zero attached hydrogens (tertiary/aromatic N) is 2. The molecule has 3 aromatic rings. The third kappa shape index (κ3) is 4.71. The number of aromatic amines is 1. The lowest BCUT2D eigenvalue weighted by atomic mass is 9.84. The van der Waals surface area contributed by atoms with Gasteiger partial charge in [0.2, 0.25) is 0 Å². The Morgan fingerprint density at radius 3 is 2.28 bits per heavy atom. The lowest BCUT2D eigenvalue weighted by molar-refractivity contribution is -0.141. The average Bonchev–Trinajstić information content (AvgIpc) is 3.20. The van der Waals surface area contributed by atoms with Crippen LogP contribution in [0.15, 0.2) is 48.8 Å². The zero-order valence-electron chi connectivity index (χ0n) is 15.8. The smallest absolute Gasteiger partial charge is 0.416 e. The van der Waals surface area contributed by atoms with Crippen molar-refractivity contribution in [3.05, 3.63) is 70.8 Å². The summed E-state index contributed by atoms with van der Waals surface area (Å²) in [5, 5.41) is 6.95. The molecule has 3 rings (SSSR count). The molecule has 5 nitrogen and oxygen atoms in total. The van der Waals surface area contributed by atoms with E-state index < -0.39 is 17.3 Å². The molecule has 0 aliphatic heterocycles. The summed E-state index contributed by atoms with van der Waals surface area (Å²) in [7, 11) is 1.39. The molecule has 0 fully saturated rings. The van der Waals surface area contributed by atoms with Gasteiger partial charge in [-0.05, 0) is 48.4 Å². The molecular weight excluding hydrogens is 407 g/mol. The van der Waals surface area contributed by atoms with E-state index >= 15 is 0 Å². The van der Waals surface area contributed by atoms with Crippen molar-refractivity contribution in [1.82, 2.24) is 15.2 Å². The summed E-state index contributed by atoms with van der Waals surface area (Å²) in [4.78, 5) is 4.03. The van der Waals surface area contributed by atoms with E-state index in [1.165, 1.54) is 25.6 Å². The van der Waals surface area contributed by atoms with Gasteiger partial charge in [-0.1, -0.05) is 24.6 Å². The Kier molecular flexibility index (Phi) is 6.14. The number of hydrogen-bond donors (Lipinski definition) is 1. The van der Waals surface area contributed by atoms with E-state index in [-0.39, 0.29) is 17.7 Å². The first-order chi connectivity index (χ1) is 13.8. The highest BCUT2D eigenvalue weighted by Gasteiger charge is 2.42. The molecule has 0 amide bonds. The number of methoxy groups -OCH3 is 1. The van der Waals surface area contributed by atoms with Crippen LogP contribution >= 0.6 is 11.6 Å². The highest BCUT2D eigenvalue weighted by atomic mass is 35.5. The molecule has 0 bridgehead atoms. The van der Waals surface area contributed by atoms with Crippen molar-refractivity contribution in [1.29, 1.82) is 0 Å². The number of halogens is 4. The fourth-order valence-corrected chi connectivity index (χ4v) is 3.31. The molecule has 1 atom stereocenters. The van der Waals surface area contributed by atoms with Crippen LogP contribution < -0.4 is 4.74 Å². The second kappa shape index (κ2) is 8.42. The van der Waals surface area contributed by atoms with Crippen molar-refractivity contribution in [3.8, 4) is 11.5 Å². The Bertz CT molecular complexity index is 941. The lowest BCUT2D eigenvalue weighted by Crippen LogP contribution is -2.33. The van der Waals surface area contributed by atoms with Crippen LogP contribution in [-0.4, -0.2) is 22.3 Å². The van der Waals surface area contributed by atoms with E-state index in [9.17, 15) is 13.2 Å². The Balaban J connectivity index is 2.03. The quantitative estimate of drug-likeness (QED) is 0.522. The molecule has 0 aliphatic carbocycles. The second-order valence-electron chi connectivity index (χ2n) is 6.42. The summed E-state index contributed by atoms with van der Waals surface area (Å²) in [6, 6.07) is 10.2. The average molecular weight is 426 g/mol. The third-order valence-electron chi connectivity index (χ3n) is 4.72. The first-order valence-corrected chi connectivity index (χ1v) is 9.20. The van der Waals surface area contributed by atoms with Gasteiger partial charge in [-0.15, -0.1) is 0 Å². The Labute approximate surface area is 170 Å². The van der Waals surface area contributed by atoms with Crippen LogP contribution in [0.1, 0.15) is 30.3 Å². The minimum atomic E-state index is -4.60. The van der Waals surface area contributed by atoms with E-state index in [1.807, 2.05) is 0 Å². The SMILES string of the molecule is CCC(Cc1ncn[nH]1)(OC)c1ccc(Oc2ccc(Cl)cc2)cc1C(F)(F)F. The van der Waals surface area contributed by atoms with E-state index in [2.05, 4.69) is 15.2 Å². The van der Waals surface area contributed by atoms with E-state index in [0.29, 0.717) is 23.0 Å². The number of rotatable bonds is 7. The number of hydrogen-bond acceptors (Lipinski definition) is 4. The third-order valence-corrected chi connectivity index (χ3v) is 4.97. The van der Waals surface area contributed by atoms with Crippen molar-refractivity contribution >= 4 is 11.6 Å². The van der Waals surface area contributed by atoms with Crippen LogP contribution in [0.2, 0.25) is 5.02 Å². The number of aromatic nitrogens is 3. The second-order valence-corrected chi connectivity index (χ2v) is 6.86. The van der Waals surface area contributed by atoms with Crippen LogP contribution in [0.5, 0.6) is 11.5 Å². The van der Waals surface area contributed by atoms with Gasteiger partial charge in [0, 0.05) is 18.6 Å². The van der Waals surface area contributed by atoms with Gasteiger partial charge < -0.3 is 9.47 Å². The van der Waals surface area contributed by atoms with Crippen molar-refractivity contribution < 1.29 is 22.6 Å². The van der Waals surface area contributed by atoms with E-state index in [1.54, 1.807) is 31.2 Å². The fraction of sp³-hybridized carbons (Fsp3) is 0.300. The highest BCUT2D eigenvalue weighted by molar-refractivity contribution is 6.30. The van der Waals surface area contributed by atoms with Gasteiger partial charge in [-0.2, -0.15) is 18.3 Å². The lowest BCUT2D eigenvalue weighted by Gasteiger charge is -2.33. The van der Waals surface area contributed by atoms with Crippen molar-refractivity contribution in [2.75, 3.05) is 7.11 Å². The minimum absolute atomic E-state index is 0.00913. The molecule has 0 saturated heterocycles. The van der Waals surface area contributed by atoms with Crippen LogP contribution in [0.25, 0.3) is 0 Å². The Hall–Kier alpha value is -2.58. The summed E-state index contributed by atoms with van der Waals surface area (Å²) < 4.78 is 53.0. The van der Waals surface area contributed by atoms with Gasteiger partial charge >= 0.3 is 6.18 Å². The summed E-state index contributed by atoms with van der Waals surface area (Å²) in [6.07, 6.45) is -2.89. The molecule has 0 radical (unpaired) electrons. The number of nitrogens with one attached hydrogen (secondary N) is 1. The predicted molar refractivity (Wildman–Crippen MR) is 102 cm³/mol. The standard InChI is InChI=1S/C20H19ClF3N3O2/c1-3-19(28-2,11-18-25-12-26-27-18)16-9-8-15(10-17(16)20(22,23)24)29-14-6-4-13(21)5-7-14/h4-10,12H,3,11H2,1-2H3,(H,25,26,27). The molecule has 1 N–H and O–H groups in total. The highest BCUT2D eigenvalue weighted by Crippen LogP contribution is 2.43. The van der Waals surface area contributed by atoms with Gasteiger partial charge in [0.15, 0.2) is 0 Å². The first kappa shape index (κ1) is 21.1. The number of H-pyrrole nitrogens is 1. The normalized spacial score (nSPS) is 13.9. The molecule has 1 heterocycles.